The van der Waals surface area contributed by atoms with E-state index in [-0.39, 0.29) is 0 Å². The van der Waals surface area contributed by atoms with Gasteiger partial charge in [0, 0.05) is 12.5 Å². The number of benzene rings is 1. The van der Waals surface area contributed by atoms with Crippen LogP contribution in [0.4, 0.5) is 0 Å². The smallest absolute Gasteiger partial charge is 0.363 e. The molecular weight excluding hydrogens is 206 g/mol. The molecule has 0 atom stereocenters. The van der Waals surface area contributed by atoms with E-state index in [0.717, 1.165) is 5.56 Å². The Morgan fingerprint density at radius 1 is 1.38 bits per heavy atom. The van der Waals surface area contributed by atoms with E-state index in [1.54, 1.807) is 20.1 Å². The van der Waals surface area contributed by atoms with Crippen LogP contribution in [0.1, 0.15) is 12.5 Å². The number of carbonyl (C=O) groups is 1. The van der Waals surface area contributed by atoms with Gasteiger partial charge in [0.15, 0.2) is 11.6 Å². The second kappa shape index (κ2) is 4.18. The lowest BCUT2D eigenvalue weighted by atomic mass is 10.1. The van der Waals surface area contributed by atoms with Gasteiger partial charge in [0.05, 0.1) is 7.11 Å². The molecule has 1 aromatic rings. The van der Waals surface area contributed by atoms with Crippen molar-refractivity contribution in [1.82, 2.24) is 0 Å². The van der Waals surface area contributed by atoms with Crippen LogP contribution in [0.15, 0.2) is 35.0 Å². The molecule has 1 aliphatic rings. The van der Waals surface area contributed by atoms with Gasteiger partial charge in [0.1, 0.15) is 5.75 Å². The van der Waals surface area contributed by atoms with Crippen LogP contribution in [0.5, 0.6) is 5.75 Å². The molecule has 0 unspecified atom stereocenters. The van der Waals surface area contributed by atoms with E-state index in [1.807, 2.05) is 24.3 Å². The first-order valence-corrected chi connectivity index (χ1v) is 4.83. The Kier molecular flexibility index (Phi) is 2.72. The maximum absolute atomic E-state index is 11.3. The Balaban J connectivity index is 2.39. The monoisotopic (exact) mass is 217 g/mol. The zero-order valence-corrected chi connectivity index (χ0v) is 9.06. The number of hydrogen-bond acceptors (Lipinski definition) is 4. The third kappa shape index (κ3) is 1.95. The van der Waals surface area contributed by atoms with Crippen molar-refractivity contribution in [2.75, 3.05) is 7.11 Å². The highest BCUT2D eigenvalue weighted by atomic mass is 16.6. The molecule has 0 saturated carbocycles. The lowest BCUT2D eigenvalue weighted by molar-refractivity contribution is -0.130. The van der Waals surface area contributed by atoms with E-state index >= 15 is 0 Å². The first kappa shape index (κ1) is 10.4. The minimum atomic E-state index is -0.427. The minimum absolute atomic E-state index is 0.294. The van der Waals surface area contributed by atoms with E-state index in [1.165, 1.54) is 0 Å². The van der Waals surface area contributed by atoms with Gasteiger partial charge in [0.25, 0.3) is 0 Å². The van der Waals surface area contributed by atoms with Crippen LogP contribution in [0.25, 0.3) is 6.08 Å². The summed E-state index contributed by atoms with van der Waals surface area (Å²) in [6.45, 7) is 1.64. The van der Waals surface area contributed by atoms with Crippen LogP contribution in [-0.4, -0.2) is 19.0 Å². The zero-order valence-electron chi connectivity index (χ0n) is 9.06. The van der Waals surface area contributed by atoms with Crippen LogP contribution in [0.2, 0.25) is 0 Å². The molecule has 0 N–H and O–H groups in total. The summed E-state index contributed by atoms with van der Waals surface area (Å²) in [6.07, 6.45) is 1.65. The summed E-state index contributed by atoms with van der Waals surface area (Å²) in [4.78, 5) is 15.3. The molecule has 0 amide bonds. The van der Waals surface area contributed by atoms with Crippen LogP contribution in [0, 0.1) is 0 Å². The number of methoxy groups -OCH3 is 1. The number of ether oxygens (including phenoxy) is 2. The van der Waals surface area contributed by atoms with Crippen molar-refractivity contribution in [3.05, 3.63) is 35.5 Å². The normalized spacial score (nSPS) is 17.2. The lowest BCUT2D eigenvalue weighted by Gasteiger charge is -2.03. The lowest BCUT2D eigenvalue weighted by Crippen LogP contribution is -2.00. The highest BCUT2D eigenvalue weighted by molar-refractivity contribution is 6.06. The van der Waals surface area contributed by atoms with Crippen LogP contribution in [0.3, 0.4) is 0 Å². The van der Waals surface area contributed by atoms with Crippen molar-refractivity contribution >= 4 is 17.9 Å². The fraction of sp³-hybridized carbons (Fsp3) is 0.167. The van der Waals surface area contributed by atoms with Gasteiger partial charge in [-0.2, -0.15) is 0 Å². The fourth-order valence-electron chi connectivity index (χ4n) is 1.45. The number of carbonyl (C=O) groups excluding carboxylic acids is 1. The first-order valence-electron chi connectivity index (χ1n) is 4.83. The van der Waals surface area contributed by atoms with Crippen LogP contribution < -0.4 is 4.74 Å². The molecule has 4 heteroatoms. The largest absolute Gasteiger partial charge is 0.496 e. The molecule has 0 radical (unpaired) electrons. The molecule has 1 heterocycles. The van der Waals surface area contributed by atoms with Gasteiger partial charge in [-0.25, -0.2) is 9.79 Å². The molecule has 1 aliphatic heterocycles. The van der Waals surface area contributed by atoms with Gasteiger partial charge in [-0.15, -0.1) is 0 Å². The summed E-state index contributed by atoms with van der Waals surface area (Å²) in [5.41, 5.74) is 1.09. The van der Waals surface area contributed by atoms with E-state index in [0.29, 0.717) is 17.3 Å². The van der Waals surface area contributed by atoms with Gasteiger partial charge in [-0.3, -0.25) is 0 Å². The SMILES string of the molecule is COc1ccccc1/C=C1\N=C(C)OC1=O. The Labute approximate surface area is 93.2 Å². The summed E-state index contributed by atoms with van der Waals surface area (Å²) in [7, 11) is 1.58. The van der Waals surface area contributed by atoms with Gasteiger partial charge >= 0.3 is 5.97 Å². The summed E-state index contributed by atoms with van der Waals surface area (Å²) in [5, 5.41) is 0. The fourth-order valence-corrected chi connectivity index (χ4v) is 1.45. The van der Waals surface area contributed by atoms with Gasteiger partial charge in [-0.1, -0.05) is 18.2 Å². The third-order valence-electron chi connectivity index (χ3n) is 2.16. The van der Waals surface area contributed by atoms with Crippen molar-refractivity contribution in [1.29, 1.82) is 0 Å². The molecule has 0 fully saturated rings. The standard InChI is InChI=1S/C12H11NO3/c1-8-13-10(12(14)16-8)7-9-5-3-4-6-11(9)15-2/h3-7H,1-2H3/b10-7-. The van der Waals surface area contributed by atoms with Gasteiger partial charge in [0.2, 0.25) is 0 Å². The topological polar surface area (TPSA) is 47.9 Å². The van der Waals surface area contributed by atoms with Crippen molar-refractivity contribution in [2.24, 2.45) is 4.99 Å². The van der Waals surface area contributed by atoms with Crippen LogP contribution in [-0.2, 0) is 9.53 Å². The number of para-hydroxylation sites is 1. The van der Waals surface area contributed by atoms with Crippen molar-refractivity contribution < 1.29 is 14.3 Å². The second-order valence-electron chi connectivity index (χ2n) is 3.29. The van der Waals surface area contributed by atoms with Gasteiger partial charge < -0.3 is 9.47 Å². The van der Waals surface area contributed by atoms with Crippen molar-refractivity contribution in [3.63, 3.8) is 0 Å². The Bertz CT molecular complexity index is 489. The molecule has 0 aromatic heterocycles. The molecule has 0 aliphatic carbocycles. The molecule has 0 bridgehead atoms. The highest BCUT2D eigenvalue weighted by Crippen LogP contribution is 2.22. The number of aliphatic imine (C=N–C) groups is 1. The molecule has 4 nitrogen and oxygen atoms in total. The Hall–Kier alpha value is -2.10. The van der Waals surface area contributed by atoms with E-state index in [2.05, 4.69) is 4.99 Å². The number of cyclic esters (lactones) is 1. The highest BCUT2D eigenvalue weighted by Gasteiger charge is 2.19. The van der Waals surface area contributed by atoms with E-state index in [9.17, 15) is 4.79 Å². The maximum Gasteiger partial charge on any atom is 0.363 e. The zero-order chi connectivity index (χ0) is 11.5. The van der Waals surface area contributed by atoms with Gasteiger partial charge in [-0.05, 0) is 12.1 Å². The number of nitrogens with zero attached hydrogens (tertiary/aromatic N) is 1. The summed E-state index contributed by atoms with van der Waals surface area (Å²) in [6, 6.07) is 7.40. The minimum Gasteiger partial charge on any atom is -0.496 e. The molecule has 0 spiro atoms. The van der Waals surface area contributed by atoms with E-state index in [4.69, 9.17) is 9.47 Å². The molecule has 82 valence electrons. The molecule has 0 saturated heterocycles. The summed E-state index contributed by atoms with van der Waals surface area (Å²) < 4.78 is 9.99. The number of hydrogen-bond donors (Lipinski definition) is 0. The molecule has 1 aromatic carbocycles. The predicted molar refractivity (Wildman–Crippen MR) is 60.2 cm³/mol. The van der Waals surface area contributed by atoms with Crippen molar-refractivity contribution in [3.8, 4) is 5.75 Å². The summed E-state index contributed by atoms with van der Waals surface area (Å²) in [5.74, 6) is 0.636. The molecule has 16 heavy (non-hydrogen) atoms. The first-order chi connectivity index (χ1) is 7.70. The van der Waals surface area contributed by atoms with E-state index < -0.39 is 5.97 Å². The summed E-state index contributed by atoms with van der Waals surface area (Å²) >= 11 is 0. The molecular formula is C12H11NO3. The number of rotatable bonds is 2. The average molecular weight is 217 g/mol. The van der Waals surface area contributed by atoms with Crippen LogP contribution >= 0.6 is 0 Å². The van der Waals surface area contributed by atoms with Crippen molar-refractivity contribution in [2.45, 2.75) is 6.92 Å². The molecule has 2 rings (SSSR count). The Morgan fingerprint density at radius 2 is 2.12 bits per heavy atom. The quantitative estimate of drug-likeness (QED) is 0.562. The second-order valence-corrected chi connectivity index (χ2v) is 3.29. The third-order valence-corrected chi connectivity index (χ3v) is 2.16. The average Bonchev–Trinajstić information content (AvgIpc) is 2.58. The maximum atomic E-state index is 11.3. The number of esters is 1. The Morgan fingerprint density at radius 3 is 2.75 bits per heavy atom. The predicted octanol–water partition coefficient (Wildman–Crippen LogP) is 2.01.